The lowest BCUT2D eigenvalue weighted by molar-refractivity contribution is -0.142. The largest absolute Gasteiger partial charge is 0.481 e. The number of hydrogen-bond donors (Lipinski definition) is 2. The number of nitrogens with zero attached hydrogens (tertiary/aromatic N) is 2. The molecule has 1 aliphatic heterocycles. The van der Waals surface area contributed by atoms with Crippen LogP contribution in [0, 0.1) is 5.92 Å². The van der Waals surface area contributed by atoms with Gasteiger partial charge in [0.2, 0.25) is 0 Å². The van der Waals surface area contributed by atoms with Crippen molar-refractivity contribution in [3.63, 3.8) is 0 Å². The second-order valence-electron chi connectivity index (χ2n) is 5.67. The Morgan fingerprint density at radius 3 is 2.43 bits per heavy atom. The van der Waals surface area contributed by atoms with Gasteiger partial charge in [-0.25, -0.2) is 4.79 Å². The molecule has 21 heavy (non-hydrogen) atoms. The Labute approximate surface area is 124 Å². The number of aliphatic hydroxyl groups excluding tert-OH is 1. The maximum Gasteiger partial charge on any atom is 0.320 e. The first-order chi connectivity index (χ1) is 10.1. The van der Waals surface area contributed by atoms with Crippen LogP contribution in [0.3, 0.4) is 0 Å². The van der Waals surface area contributed by atoms with Crippen LogP contribution in [0.4, 0.5) is 4.79 Å². The average Bonchev–Trinajstić information content (AvgIpc) is 3.17. The highest BCUT2D eigenvalue weighted by molar-refractivity contribution is 5.78. The maximum atomic E-state index is 12.8. The third-order valence-corrected chi connectivity index (χ3v) is 4.05. The van der Waals surface area contributed by atoms with Crippen LogP contribution in [-0.4, -0.2) is 77.0 Å². The fraction of sp³-hybridized carbons (Fsp3) is 0.857. The number of amides is 2. The van der Waals surface area contributed by atoms with Crippen LogP contribution in [-0.2, 0) is 9.53 Å². The van der Waals surface area contributed by atoms with Crippen molar-refractivity contribution in [2.24, 2.45) is 5.92 Å². The van der Waals surface area contributed by atoms with Crippen LogP contribution in [0.15, 0.2) is 0 Å². The van der Waals surface area contributed by atoms with Crippen molar-refractivity contribution in [1.29, 1.82) is 0 Å². The Kier molecular flexibility index (Phi) is 5.41. The maximum absolute atomic E-state index is 12.8. The van der Waals surface area contributed by atoms with Gasteiger partial charge in [-0.3, -0.25) is 4.79 Å². The molecule has 7 heteroatoms. The number of ether oxygens (including phenoxy) is 1. The molecule has 1 heterocycles. The Bertz CT molecular complexity index is 386. The van der Waals surface area contributed by atoms with Crippen LogP contribution in [0.5, 0.6) is 0 Å². The van der Waals surface area contributed by atoms with E-state index in [4.69, 9.17) is 9.84 Å². The summed E-state index contributed by atoms with van der Waals surface area (Å²) in [6, 6.07) is -0.403. The second kappa shape index (κ2) is 7.09. The van der Waals surface area contributed by atoms with Crippen LogP contribution >= 0.6 is 0 Å². The van der Waals surface area contributed by atoms with Crippen molar-refractivity contribution in [1.82, 2.24) is 9.80 Å². The number of aliphatic carboxylic acids is 1. The second-order valence-corrected chi connectivity index (χ2v) is 5.67. The van der Waals surface area contributed by atoms with Crippen molar-refractivity contribution < 1.29 is 24.5 Å². The number of hydrogen-bond acceptors (Lipinski definition) is 4. The van der Waals surface area contributed by atoms with E-state index >= 15 is 0 Å². The topological polar surface area (TPSA) is 90.3 Å². The highest BCUT2D eigenvalue weighted by atomic mass is 16.5. The van der Waals surface area contributed by atoms with E-state index in [-0.39, 0.29) is 31.9 Å². The number of carbonyl (C=O) groups excluding carboxylic acids is 1. The molecule has 1 saturated carbocycles. The van der Waals surface area contributed by atoms with Crippen LogP contribution < -0.4 is 0 Å². The SMILES string of the molecule is CCCN(C(=O)N(CCO)C1CC1)C1COCC1C(=O)O. The molecule has 0 radical (unpaired) electrons. The van der Waals surface area contributed by atoms with Gasteiger partial charge in [0.05, 0.1) is 25.9 Å². The minimum atomic E-state index is -0.925. The number of carbonyl (C=O) groups is 2. The van der Waals surface area contributed by atoms with Crippen LogP contribution in [0.1, 0.15) is 26.2 Å². The standard InChI is InChI=1S/C14H24N2O5/c1-2-5-16(12-9-21-8-11(12)13(18)19)14(20)15(6-7-17)10-3-4-10/h10-12,17H,2-9H2,1H3,(H,18,19). The molecule has 1 aliphatic carbocycles. The number of urea groups is 1. The monoisotopic (exact) mass is 300 g/mol. The summed E-state index contributed by atoms with van der Waals surface area (Å²) >= 11 is 0. The smallest absolute Gasteiger partial charge is 0.320 e. The molecule has 0 aromatic heterocycles. The number of rotatable bonds is 7. The number of aliphatic hydroxyl groups is 1. The molecule has 2 rings (SSSR count). The predicted molar refractivity (Wildman–Crippen MR) is 74.9 cm³/mol. The highest BCUT2D eigenvalue weighted by Crippen LogP contribution is 2.29. The third kappa shape index (κ3) is 3.65. The first-order valence-corrected chi connectivity index (χ1v) is 7.58. The number of carboxylic acid groups (broad SMARTS) is 1. The first-order valence-electron chi connectivity index (χ1n) is 7.58. The molecule has 120 valence electrons. The summed E-state index contributed by atoms with van der Waals surface area (Å²) in [6.07, 6.45) is 2.66. The van der Waals surface area contributed by atoms with Gasteiger partial charge < -0.3 is 24.7 Å². The molecule has 0 aromatic rings. The van der Waals surface area contributed by atoms with Gasteiger partial charge in [-0.05, 0) is 19.3 Å². The number of carboxylic acids is 1. The van der Waals surface area contributed by atoms with Gasteiger partial charge in [0.1, 0.15) is 5.92 Å². The molecule has 2 amide bonds. The molecule has 2 aliphatic rings. The van der Waals surface area contributed by atoms with E-state index < -0.39 is 17.9 Å². The van der Waals surface area contributed by atoms with Gasteiger partial charge in [-0.1, -0.05) is 6.92 Å². The molecular weight excluding hydrogens is 276 g/mol. The van der Waals surface area contributed by atoms with E-state index in [0.717, 1.165) is 19.3 Å². The van der Waals surface area contributed by atoms with E-state index in [1.54, 1.807) is 9.80 Å². The Hall–Kier alpha value is -1.34. The van der Waals surface area contributed by atoms with Crippen molar-refractivity contribution >= 4 is 12.0 Å². The molecule has 2 atom stereocenters. The molecule has 7 nitrogen and oxygen atoms in total. The molecule has 0 aromatic carbocycles. The Morgan fingerprint density at radius 1 is 1.19 bits per heavy atom. The summed E-state index contributed by atoms with van der Waals surface area (Å²) in [6.45, 7) is 3.10. The van der Waals surface area contributed by atoms with Crippen molar-refractivity contribution in [2.45, 2.75) is 38.3 Å². The van der Waals surface area contributed by atoms with E-state index in [2.05, 4.69) is 0 Å². The molecule has 2 fully saturated rings. The Balaban J connectivity index is 2.12. The molecule has 2 unspecified atom stereocenters. The molecule has 0 spiro atoms. The lowest BCUT2D eigenvalue weighted by atomic mass is 10.0. The van der Waals surface area contributed by atoms with Crippen molar-refractivity contribution in [3.8, 4) is 0 Å². The normalized spacial score (nSPS) is 24.9. The zero-order valence-corrected chi connectivity index (χ0v) is 12.4. The highest BCUT2D eigenvalue weighted by Gasteiger charge is 2.43. The predicted octanol–water partition coefficient (Wildman–Crippen LogP) is 0.375. The average molecular weight is 300 g/mol. The zero-order chi connectivity index (χ0) is 15.4. The minimum absolute atomic E-state index is 0.0776. The lowest BCUT2D eigenvalue weighted by Crippen LogP contribution is -2.53. The summed E-state index contributed by atoms with van der Waals surface area (Å²) in [5.41, 5.74) is 0. The fourth-order valence-electron chi connectivity index (χ4n) is 2.82. The van der Waals surface area contributed by atoms with Crippen LogP contribution in [0.25, 0.3) is 0 Å². The summed E-state index contributed by atoms with van der Waals surface area (Å²) in [5, 5.41) is 18.4. The zero-order valence-electron chi connectivity index (χ0n) is 12.4. The summed E-state index contributed by atoms with van der Waals surface area (Å²) < 4.78 is 5.28. The van der Waals surface area contributed by atoms with Crippen molar-refractivity contribution in [3.05, 3.63) is 0 Å². The summed E-state index contributed by atoms with van der Waals surface area (Å²) in [7, 11) is 0. The van der Waals surface area contributed by atoms with Gasteiger partial charge in [0.25, 0.3) is 0 Å². The van der Waals surface area contributed by atoms with Gasteiger partial charge in [0.15, 0.2) is 0 Å². The van der Waals surface area contributed by atoms with Gasteiger partial charge in [-0.2, -0.15) is 0 Å². The van der Waals surface area contributed by atoms with Gasteiger partial charge in [-0.15, -0.1) is 0 Å². The Morgan fingerprint density at radius 2 is 1.90 bits per heavy atom. The minimum Gasteiger partial charge on any atom is -0.481 e. The molecule has 1 saturated heterocycles. The molecular formula is C14H24N2O5. The molecule has 0 bridgehead atoms. The van der Waals surface area contributed by atoms with E-state index in [1.807, 2.05) is 6.92 Å². The quantitative estimate of drug-likeness (QED) is 0.709. The molecule has 2 N–H and O–H groups in total. The van der Waals surface area contributed by atoms with Crippen molar-refractivity contribution in [2.75, 3.05) is 32.9 Å². The summed E-state index contributed by atoms with van der Waals surface area (Å²) in [5.74, 6) is -1.60. The first kappa shape index (κ1) is 16.0. The van der Waals surface area contributed by atoms with Gasteiger partial charge in [0, 0.05) is 19.1 Å². The summed E-state index contributed by atoms with van der Waals surface area (Å²) in [4.78, 5) is 27.4. The van der Waals surface area contributed by atoms with E-state index in [0.29, 0.717) is 13.1 Å². The van der Waals surface area contributed by atoms with Crippen LogP contribution in [0.2, 0.25) is 0 Å². The fourth-order valence-corrected chi connectivity index (χ4v) is 2.82. The van der Waals surface area contributed by atoms with E-state index in [1.165, 1.54) is 0 Å². The lowest BCUT2D eigenvalue weighted by Gasteiger charge is -2.35. The van der Waals surface area contributed by atoms with E-state index in [9.17, 15) is 14.7 Å². The van der Waals surface area contributed by atoms with Gasteiger partial charge >= 0.3 is 12.0 Å². The third-order valence-electron chi connectivity index (χ3n) is 4.05.